The second kappa shape index (κ2) is 13.7. The summed E-state index contributed by atoms with van der Waals surface area (Å²) in [6.45, 7) is 4.93. The highest BCUT2D eigenvalue weighted by atomic mass is 32.1. The minimum absolute atomic E-state index is 0.0317. The van der Waals surface area contributed by atoms with Crippen LogP contribution in [-0.2, 0) is 29.0 Å². The lowest BCUT2D eigenvalue weighted by Crippen LogP contribution is -2.46. The number of rotatable bonds is 13. The predicted molar refractivity (Wildman–Crippen MR) is 147 cm³/mol. The van der Waals surface area contributed by atoms with Crippen LogP contribution in [0.2, 0.25) is 0 Å². The van der Waals surface area contributed by atoms with E-state index < -0.39 is 0 Å². The summed E-state index contributed by atoms with van der Waals surface area (Å²) in [6.07, 6.45) is 0.880. The van der Waals surface area contributed by atoms with Gasteiger partial charge in [0.2, 0.25) is 11.8 Å². The number of hydrogen-bond acceptors (Lipinski definition) is 6. The first kappa shape index (κ1) is 28.1. The molecular formula is C29H36N2O5S. The summed E-state index contributed by atoms with van der Waals surface area (Å²) in [5.74, 6) is 1.91. The van der Waals surface area contributed by atoms with Gasteiger partial charge >= 0.3 is 0 Å². The predicted octanol–water partition coefficient (Wildman–Crippen LogP) is 4.82. The first-order chi connectivity index (χ1) is 17.8. The third kappa shape index (κ3) is 7.98. The molecule has 0 saturated carbocycles. The summed E-state index contributed by atoms with van der Waals surface area (Å²) >= 11 is 1.62. The van der Waals surface area contributed by atoms with E-state index in [0.717, 1.165) is 21.8 Å². The van der Waals surface area contributed by atoms with Gasteiger partial charge in [0.1, 0.15) is 5.75 Å². The van der Waals surface area contributed by atoms with Gasteiger partial charge in [-0.15, -0.1) is 11.3 Å². The summed E-state index contributed by atoms with van der Waals surface area (Å²) in [4.78, 5) is 31.3. The average molecular weight is 525 g/mol. The van der Waals surface area contributed by atoms with Crippen LogP contribution in [0.25, 0.3) is 0 Å². The summed E-state index contributed by atoms with van der Waals surface area (Å²) in [7, 11) is 4.83. The van der Waals surface area contributed by atoms with Crippen molar-refractivity contribution < 1.29 is 23.8 Å². The Balaban J connectivity index is 1.72. The van der Waals surface area contributed by atoms with Gasteiger partial charge in [-0.3, -0.25) is 9.59 Å². The van der Waals surface area contributed by atoms with Gasteiger partial charge in [-0.25, -0.2) is 0 Å². The molecule has 7 nitrogen and oxygen atoms in total. The zero-order valence-electron chi connectivity index (χ0n) is 22.2. The van der Waals surface area contributed by atoms with Crippen LogP contribution in [0, 0.1) is 0 Å². The zero-order valence-corrected chi connectivity index (χ0v) is 23.0. The number of ether oxygens (including phenoxy) is 3. The van der Waals surface area contributed by atoms with Gasteiger partial charge in [0.05, 0.1) is 40.8 Å². The molecule has 0 unspecified atom stereocenters. The van der Waals surface area contributed by atoms with Crippen molar-refractivity contribution in [1.29, 1.82) is 0 Å². The third-order valence-corrected chi connectivity index (χ3v) is 7.02. The van der Waals surface area contributed by atoms with Gasteiger partial charge in [-0.1, -0.05) is 24.3 Å². The van der Waals surface area contributed by atoms with Crippen LogP contribution in [0.4, 0.5) is 0 Å². The van der Waals surface area contributed by atoms with Crippen LogP contribution in [-0.4, -0.2) is 62.1 Å². The fraction of sp³-hybridized carbons (Fsp3) is 0.379. The van der Waals surface area contributed by atoms with E-state index in [2.05, 4.69) is 0 Å². The summed E-state index contributed by atoms with van der Waals surface area (Å²) in [5.41, 5.74) is 1.92. The summed E-state index contributed by atoms with van der Waals surface area (Å²) in [5, 5.41) is 2.01. The van der Waals surface area contributed by atoms with Crippen LogP contribution in [0.15, 0.2) is 60.0 Å². The van der Waals surface area contributed by atoms with E-state index in [9.17, 15) is 9.59 Å². The average Bonchev–Trinajstić information content (AvgIpc) is 3.42. The van der Waals surface area contributed by atoms with E-state index >= 15 is 0 Å². The molecule has 0 radical (unpaired) electrons. The lowest BCUT2D eigenvalue weighted by atomic mass is 10.1. The molecule has 1 heterocycles. The Morgan fingerprint density at radius 2 is 1.57 bits per heavy atom. The molecule has 2 amide bonds. The Morgan fingerprint density at radius 1 is 0.865 bits per heavy atom. The maximum absolute atomic E-state index is 13.5. The lowest BCUT2D eigenvalue weighted by Gasteiger charge is -2.30. The minimum Gasteiger partial charge on any atom is -0.497 e. The number of hydrogen-bond donors (Lipinski definition) is 0. The maximum atomic E-state index is 13.5. The standard InChI is InChI=1S/C29H36N2O5S/c1-21(2)31(28(32)18-22-8-11-24(34-3)12-9-22)20-29(33)30(19-25-7-6-16-37-25)15-14-23-10-13-26(35-4)27(17-23)36-5/h6-13,16-17,21H,14-15,18-20H2,1-5H3. The first-order valence-electron chi connectivity index (χ1n) is 12.3. The second-order valence-electron chi connectivity index (χ2n) is 8.97. The van der Waals surface area contributed by atoms with Crippen molar-refractivity contribution in [2.75, 3.05) is 34.4 Å². The molecule has 0 spiro atoms. The zero-order chi connectivity index (χ0) is 26.8. The Hall–Kier alpha value is -3.52. The molecule has 0 aliphatic carbocycles. The fourth-order valence-electron chi connectivity index (χ4n) is 4.01. The number of benzene rings is 2. The molecule has 198 valence electrons. The van der Waals surface area contributed by atoms with Crippen molar-refractivity contribution in [3.05, 3.63) is 76.0 Å². The highest BCUT2D eigenvalue weighted by Crippen LogP contribution is 2.28. The molecule has 0 bridgehead atoms. The molecule has 8 heteroatoms. The van der Waals surface area contributed by atoms with Crippen molar-refractivity contribution in [1.82, 2.24) is 9.80 Å². The molecule has 0 fully saturated rings. The summed E-state index contributed by atoms with van der Waals surface area (Å²) < 4.78 is 16.0. The topological polar surface area (TPSA) is 68.3 Å². The van der Waals surface area contributed by atoms with E-state index in [-0.39, 0.29) is 30.8 Å². The monoisotopic (exact) mass is 524 g/mol. The van der Waals surface area contributed by atoms with Crippen molar-refractivity contribution in [2.45, 2.75) is 39.3 Å². The van der Waals surface area contributed by atoms with Crippen LogP contribution in [0.5, 0.6) is 17.2 Å². The Morgan fingerprint density at radius 3 is 2.16 bits per heavy atom. The molecule has 0 N–H and O–H groups in total. The van der Waals surface area contributed by atoms with Crippen molar-refractivity contribution in [3.63, 3.8) is 0 Å². The smallest absolute Gasteiger partial charge is 0.242 e. The fourth-order valence-corrected chi connectivity index (χ4v) is 4.73. The molecule has 0 saturated heterocycles. The number of carbonyl (C=O) groups is 2. The summed E-state index contributed by atoms with van der Waals surface area (Å²) in [6, 6.07) is 17.1. The number of amides is 2. The SMILES string of the molecule is COc1ccc(CC(=O)N(CC(=O)N(CCc2ccc(OC)c(OC)c2)Cc2cccs2)C(C)C)cc1. The van der Waals surface area contributed by atoms with Gasteiger partial charge < -0.3 is 24.0 Å². The van der Waals surface area contributed by atoms with Gasteiger partial charge in [-0.05, 0) is 67.1 Å². The molecule has 0 aliphatic heterocycles. The van der Waals surface area contributed by atoms with Crippen LogP contribution in [0.1, 0.15) is 29.9 Å². The van der Waals surface area contributed by atoms with E-state index in [0.29, 0.717) is 31.0 Å². The van der Waals surface area contributed by atoms with E-state index in [1.54, 1.807) is 37.6 Å². The molecule has 37 heavy (non-hydrogen) atoms. The van der Waals surface area contributed by atoms with Crippen LogP contribution < -0.4 is 14.2 Å². The largest absolute Gasteiger partial charge is 0.497 e. The number of carbonyl (C=O) groups excluding carboxylic acids is 2. The number of thiophene rings is 1. The Bertz CT molecular complexity index is 1150. The van der Waals surface area contributed by atoms with Crippen molar-refractivity contribution in [2.24, 2.45) is 0 Å². The minimum atomic E-state index is -0.107. The second-order valence-corrected chi connectivity index (χ2v) is 10.0. The highest BCUT2D eigenvalue weighted by molar-refractivity contribution is 7.09. The van der Waals surface area contributed by atoms with Gasteiger partial charge in [0.25, 0.3) is 0 Å². The first-order valence-corrected chi connectivity index (χ1v) is 13.2. The Labute approximate surface area is 223 Å². The van der Waals surface area contributed by atoms with Crippen LogP contribution in [0.3, 0.4) is 0 Å². The molecule has 3 rings (SSSR count). The molecule has 0 atom stereocenters. The van der Waals surface area contributed by atoms with E-state index in [4.69, 9.17) is 14.2 Å². The van der Waals surface area contributed by atoms with Crippen molar-refractivity contribution in [3.8, 4) is 17.2 Å². The molecule has 0 aliphatic rings. The lowest BCUT2D eigenvalue weighted by molar-refractivity contribution is -0.142. The maximum Gasteiger partial charge on any atom is 0.242 e. The van der Waals surface area contributed by atoms with Gasteiger partial charge in [-0.2, -0.15) is 0 Å². The van der Waals surface area contributed by atoms with Crippen molar-refractivity contribution >= 4 is 23.2 Å². The molecule has 2 aromatic carbocycles. The third-order valence-electron chi connectivity index (χ3n) is 6.16. The molecule has 1 aromatic heterocycles. The van der Waals surface area contributed by atoms with E-state index in [1.807, 2.05) is 78.7 Å². The van der Waals surface area contributed by atoms with E-state index in [1.165, 1.54) is 0 Å². The number of nitrogens with zero attached hydrogens (tertiary/aromatic N) is 2. The molecular weight excluding hydrogens is 488 g/mol. The molecule has 3 aromatic rings. The normalized spacial score (nSPS) is 10.8. The highest BCUT2D eigenvalue weighted by Gasteiger charge is 2.24. The van der Waals surface area contributed by atoms with Gasteiger partial charge in [0.15, 0.2) is 11.5 Å². The quantitative estimate of drug-likeness (QED) is 0.321. The van der Waals surface area contributed by atoms with Crippen LogP contribution >= 0.6 is 11.3 Å². The Kier molecular flexibility index (Phi) is 10.4. The number of methoxy groups -OCH3 is 3. The van der Waals surface area contributed by atoms with Gasteiger partial charge in [0, 0.05) is 17.5 Å².